The molecule has 0 aromatic heterocycles. The van der Waals surface area contributed by atoms with Crippen LogP contribution >= 0.6 is 0 Å². The highest BCUT2D eigenvalue weighted by Gasteiger charge is 2.01. The van der Waals surface area contributed by atoms with Crippen molar-refractivity contribution in [2.45, 2.75) is 19.6 Å². The van der Waals surface area contributed by atoms with Gasteiger partial charge in [-0.25, -0.2) is 0 Å². The minimum absolute atomic E-state index is 0.320. The molecule has 1 aromatic carbocycles. The number of aryl methyl sites for hydroxylation is 1. The van der Waals surface area contributed by atoms with E-state index in [1.165, 1.54) is 11.1 Å². The Hall–Kier alpha value is -0.900. The average molecular weight is 208 g/mol. The van der Waals surface area contributed by atoms with Crippen molar-refractivity contribution >= 4 is 0 Å². The van der Waals surface area contributed by atoms with E-state index in [1.807, 2.05) is 7.05 Å². The lowest BCUT2D eigenvalue weighted by atomic mass is 10.1. The second kappa shape index (κ2) is 6.56. The molecule has 0 saturated heterocycles. The summed E-state index contributed by atoms with van der Waals surface area (Å²) in [7, 11) is 1.84. The van der Waals surface area contributed by atoms with E-state index in [1.54, 1.807) is 0 Å². The van der Waals surface area contributed by atoms with Gasteiger partial charge in [0.1, 0.15) is 0 Å². The monoisotopic (exact) mass is 208 g/mol. The molecule has 3 nitrogen and oxygen atoms in total. The highest BCUT2D eigenvalue weighted by atomic mass is 16.3. The number of benzene rings is 1. The van der Waals surface area contributed by atoms with Gasteiger partial charge in [-0.2, -0.15) is 0 Å². The van der Waals surface area contributed by atoms with Gasteiger partial charge in [0.15, 0.2) is 0 Å². The lowest BCUT2D eigenvalue weighted by Crippen LogP contribution is -2.33. The van der Waals surface area contributed by atoms with Gasteiger partial charge in [0.05, 0.1) is 6.10 Å². The van der Waals surface area contributed by atoms with Crippen LogP contribution in [0.2, 0.25) is 0 Å². The Morgan fingerprint density at radius 3 is 2.80 bits per heavy atom. The molecule has 0 spiro atoms. The molecule has 0 bridgehead atoms. The van der Waals surface area contributed by atoms with Gasteiger partial charge < -0.3 is 15.7 Å². The van der Waals surface area contributed by atoms with E-state index in [0.717, 1.165) is 6.54 Å². The maximum Gasteiger partial charge on any atom is 0.0788 e. The maximum atomic E-state index is 9.46. The first kappa shape index (κ1) is 12.2. The SMILES string of the molecule is CNCC(O)CNCc1cccc(C)c1. The summed E-state index contributed by atoms with van der Waals surface area (Å²) < 4.78 is 0. The van der Waals surface area contributed by atoms with Gasteiger partial charge in [0.25, 0.3) is 0 Å². The van der Waals surface area contributed by atoms with Gasteiger partial charge in [-0.1, -0.05) is 29.8 Å². The average Bonchev–Trinajstić information content (AvgIpc) is 2.18. The molecule has 0 radical (unpaired) electrons. The van der Waals surface area contributed by atoms with Crippen molar-refractivity contribution in [3.05, 3.63) is 35.4 Å². The fraction of sp³-hybridized carbons (Fsp3) is 0.500. The van der Waals surface area contributed by atoms with Crippen LogP contribution < -0.4 is 10.6 Å². The molecule has 0 heterocycles. The number of hydrogen-bond acceptors (Lipinski definition) is 3. The van der Waals surface area contributed by atoms with Crippen LogP contribution in [0, 0.1) is 6.92 Å². The number of hydrogen-bond donors (Lipinski definition) is 3. The molecular formula is C12H20N2O. The molecule has 0 aliphatic rings. The molecule has 0 aliphatic carbocycles. The second-order valence-electron chi connectivity index (χ2n) is 3.83. The van der Waals surface area contributed by atoms with E-state index >= 15 is 0 Å². The minimum atomic E-state index is -0.320. The molecule has 1 rings (SSSR count). The van der Waals surface area contributed by atoms with Crippen molar-refractivity contribution in [2.75, 3.05) is 20.1 Å². The Kier molecular flexibility index (Phi) is 5.32. The second-order valence-corrected chi connectivity index (χ2v) is 3.83. The number of likely N-dealkylation sites (N-methyl/N-ethyl adjacent to an activating group) is 1. The van der Waals surface area contributed by atoms with Gasteiger partial charge in [0.2, 0.25) is 0 Å². The molecule has 1 atom stereocenters. The molecule has 1 aromatic rings. The molecule has 0 saturated carbocycles. The predicted molar refractivity (Wildman–Crippen MR) is 62.8 cm³/mol. The number of nitrogens with one attached hydrogen (secondary N) is 2. The van der Waals surface area contributed by atoms with Gasteiger partial charge in [0, 0.05) is 19.6 Å². The number of aliphatic hydroxyl groups excluding tert-OH is 1. The first-order valence-corrected chi connectivity index (χ1v) is 5.31. The lowest BCUT2D eigenvalue weighted by Gasteiger charge is -2.11. The third-order valence-electron chi connectivity index (χ3n) is 2.23. The Bertz CT molecular complexity index is 289. The van der Waals surface area contributed by atoms with Crippen molar-refractivity contribution in [1.29, 1.82) is 0 Å². The zero-order chi connectivity index (χ0) is 11.1. The Balaban J connectivity index is 2.25. The zero-order valence-electron chi connectivity index (χ0n) is 9.46. The third-order valence-corrected chi connectivity index (χ3v) is 2.23. The molecule has 0 aliphatic heterocycles. The van der Waals surface area contributed by atoms with E-state index in [-0.39, 0.29) is 6.10 Å². The fourth-order valence-corrected chi connectivity index (χ4v) is 1.51. The summed E-state index contributed by atoms with van der Waals surface area (Å²) >= 11 is 0. The third kappa shape index (κ3) is 4.93. The summed E-state index contributed by atoms with van der Waals surface area (Å²) in [6.07, 6.45) is -0.320. The zero-order valence-corrected chi connectivity index (χ0v) is 9.46. The predicted octanol–water partition coefficient (Wildman–Crippen LogP) is 0.665. The Labute approximate surface area is 91.5 Å². The molecule has 0 amide bonds. The molecule has 1 unspecified atom stereocenters. The first-order chi connectivity index (χ1) is 7.22. The number of aliphatic hydroxyl groups is 1. The largest absolute Gasteiger partial charge is 0.390 e. The molecule has 3 N–H and O–H groups in total. The standard InChI is InChI=1S/C12H20N2O/c1-10-4-3-5-11(6-10)7-14-9-12(15)8-13-2/h3-6,12-15H,7-9H2,1-2H3. The van der Waals surface area contributed by atoms with Crippen LogP contribution in [0.25, 0.3) is 0 Å². The highest BCUT2D eigenvalue weighted by Crippen LogP contribution is 2.02. The molecule has 0 fully saturated rings. The van der Waals surface area contributed by atoms with Crippen molar-refractivity contribution in [2.24, 2.45) is 0 Å². The van der Waals surface area contributed by atoms with E-state index < -0.39 is 0 Å². The van der Waals surface area contributed by atoms with Crippen LogP contribution in [0.1, 0.15) is 11.1 Å². The highest BCUT2D eigenvalue weighted by molar-refractivity contribution is 5.21. The topological polar surface area (TPSA) is 44.3 Å². The van der Waals surface area contributed by atoms with Crippen molar-refractivity contribution in [3.8, 4) is 0 Å². The Morgan fingerprint density at radius 1 is 1.33 bits per heavy atom. The summed E-state index contributed by atoms with van der Waals surface area (Å²) in [6.45, 7) is 4.14. The molecule has 15 heavy (non-hydrogen) atoms. The van der Waals surface area contributed by atoms with Crippen LogP contribution in [0.5, 0.6) is 0 Å². The fourth-order valence-electron chi connectivity index (χ4n) is 1.51. The van der Waals surface area contributed by atoms with Gasteiger partial charge in [-0.05, 0) is 19.5 Å². The minimum Gasteiger partial charge on any atom is -0.390 e. The van der Waals surface area contributed by atoms with Crippen LogP contribution in [0.15, 0.2) is 24.3 Å². The Morgan fingerprint density at radius 2 is 2.13 bits per heavy atom. The molecule has 84 valence electrons. The van der Waals surface area contributed by atoms with Crippen molar-refractivity contribution in [3.63, 3.8) is 0 Å². The summed E-state index contributed by atoms with van der Waals surface area (Å²) in [6, 6.07) is 8.37. The summed E-state index contributed by atoms with van der Waals surface area (Å²) in [4.78, 5) is 0. The van der Waals surface area contributed by atoms with Crippen molar-refractivity contribution < 1.29 is 5.11 Å². The maximum absolute atomic E-state index is 9.46. The van der Waals surface area contributed by atoms with E-state index in [4.69, 9.17) is 0 Å². The van der Waals surface area contributed by atoms with E-state index in [0.29, 0.717) is 13.1 Å². The summed E-state index contributed by atoms with van der Waals surface area (Å²) in [5.41, 5.74) is 2.52. The summed E-state index contributed by atoms with van der Waals surface area (Å²) in [5, 5.41) is 15.6. The first-order valence-electron chi connectivity index (χ1n) is 5.31. The van der Waals surface area contributed by atoms with Gasteiger partial charge in [-0.15, -0.1) is 0 Å². The lowest BCUT2D eigenvalue weighted by molar-refractivity contribution is 0.171. The van der Waals surface area contributed by atoms with Crippen LogP contribution in [-0.4, -0.2) is 31.3 Å². The van der Waals surface area contributed by atoms with E-state index in [2.05, 4.69) is 41.8 Å². The van der Waals surface area contributed by atoms with Crippen LogP contribution in [0.4, 0.5) is 0 Å². The quantitative estimate of drug-likeness (QED) is 0.643. The van der Waals surface area contributed by atoms with E-state index in [9.17, 15) is 5.11 Å². The van der Waals surface area contributed by atoms with Gasteiger partial charge in [-0.3, -0.25) is 0 Å². The van der Waals surface area contributed by atoms with Crippen LogP contribution in [-0.2, 0) is 6.54 Å². The smallest absolute Gasteiger partial charge is 0.0788 e. The summed E-state index contributed by atoms with van der Waals surface area (Å²) in [5.74, 6) is 0. The van der Waals surface area contributed by atoms with Crippen molar-refractivity contribution in [1.82, 2.24) is 10.6 Å². The number of rotatable bonds is 6. The molecular weight excluding hydrogens is 188 g/mol. The van der Waals surface area contributed by atoms with Crippen LogP contribution in [0.3, 0.4) is 0 Å². The van der Waals surface area contributed by atoms with Gasteiger partial charge >= 0.3 is 0 Å². The normalized spacial score (nSPS) is 12.7. The molecule has 3 heteroatoms.